The molecule has 9 aromatic heterocycles. The minimum Gasteiger partial charge on any atom is -0.497 e. The largest absolute Gasteiger partial charge is 0.497 e. The highest BCUT2D eigenvalue weighted by Gasteiger charge is 2.11. The van der Waals surface area contributed by atoms with Gasteiger partial charge in [-0.2, -0.15) is 10.2 Å². The highest BCUT2D eigenvalue weighted by Crippen LogP contribution is 2.23. The molecule has 0 saturated carbocycles. The summed E-state index contributed by atoms with van der Waals surface area (Å²) >= 11 is 0. The number of methoxy groups -OCH3 is 1. The highest BCUT2D eigenvalue weighted by molar-refractivity contribution is 5.83. The van der Waals surface area contributed by atoms with Gasteiger partial charge in [-0.05, 0) is 273 Å². The lowest BCUT2D eigenvalue weighted by Gasteiger charge is -2.06. The first-order chi connectivity index (χ1) is 68.1. The van der Waals surface area contributed by atoms with Gasteiger partial charge in [-0.15, -0.1) is 5.10 Å². The summed E-state index contributed by atoms with van der Waals surface area (Å²) < 4.78 is 27.9. The number of imidazole rings is 3. The van der Waals surface area contributed by atoms with Crippen LogP contribution < -0.4 is 71.5 Å². The molecule has 9 heterocycles. The maximum absolute atomic E-state index is 5.57. The number of nitrogens with two attached hydrogens (primary N) is 10. The van der Waals surface area contributed by atoms with Crippen LogP contribution in [-0.2, 0) is 52.1 Å². The molecule has 0 aliphatic rings. The fourth-order valence-corrected chi connectivity index (χ4v) is 13.3. The number of pyridine rings is 3. The Kier molecular flexibility index (Phi) is 54.5. The zero-order valence-electron chi connectivity index (χ0n) is 80.1. The Balaban J connectivity index is 0.000000189. The number of aryl methyl sites for hydroxylation is 6. The van der Waals surface area contributed by atoms with Gasteiger partial charge in [0.15, 0.2) is 28.8 Å². The minimum absolute atomic E-state index is 0.674. The molecular weight excluding hydrogens is 1730 g/mol. The van der Waals surface area contributed by atoms with E-state index in [0.29, 0.717) is 39.4 Å². The van der Waals surface area contributed by atoms with Gasteiger partial charge in [0.1, 0.15) is 35.4 Å². The quantitative estimate of drug-likeness (QED) is 0.0159. The van der Waals surface area contributed by atoms with Crippen LogP contribution >= 0.6 is 0 Å². The topological polar surface area (TPSA) is 485 Å². The van der Waals surface area contributed by atoms with Crippen molar-refractivity contribution in [3.63, 3.8) is 0 Å². The molecule has 0 spiro atoms. The Morgan fingerprint density at radius 2 is 0.819 bits per heavy atom. The summed E-state index contributed by atoms with van der Waals surface area (Å²) in [6.45, 7) is 14.1. The molecule has 17 rings (SSSR count). The first-order valence-electron chi connectivity index (χ1n) is 47.7. The fourth-order valence-electron chi connectivity index (χ4n) is 13.3. The Bertz CT molecular complexity index is 5590. The predicted molar refractivity (Wildman–Crippen MR) is 558 cm³/mol. The standard InChI is InChI=1S/C13H17N3.C13H15NO.C12H16N4.2C11H15N5.2C10H14N4.2C9H13NO.C8H11N/c14-8-4-5-9-16-10-13(15-11-16)12-6-2-1-3-7-12;14-8-3-9-15-13-7-6-11-4-1-2-5-12(11)10-13;13-8-4-5-9-16-10-14-12(15-16)11-6-2-1-3-7-11;12-5-1-2-7-16-9-14-11(15-16)10-4-3-6-13-8-10;12-8-4-5-9-16-11(13-14-15-16)10-6-2-1-3-7-10;11-5-1-2-7-14-8-13-10-9(14)4-3-6-12-10;11-5-1-2-7-14-8-13-9-4-3-6-12-10(9)14;1-11-9-4-2-3-8(7-9)5-6-10;10-7-4-8-11-9-5-2-1-3-6-9;9-7-6-8-4-2-1-3-5-8/h1-3,6-7,10-11H,4-5,8-9,14H2;1-2,4-7,10H,3,8-9,14H2;1-3,6-7,10H,4-5,8-9,13H2;3-4,6,8-9H,1-2,5,7,12H2;1-3,6-7H,4-5,8-9,12H2;2*3-4,6,8H,1-2,5,7,11H2;2-4,7H,5-6,10H2,1H3;1-3,5-6H,4,7-8,10H2;1-5H,6-7,9H2. The van der Waals surface area contributed by atoms with Gasteiger partial charge in [0.2, 0.25) is 0 Å². The van der Waals surface area contributed by atoms with Crippen LogP contribution in [0.15, 0.2) is 317 Å². The van der Waals surface area contributed by atoms with Crippen molar-refractivity contribution in [3.05, 3.63) is 329 Å². The molecule has 0 amide bonds. The van der Waals surface area contributed by atoms with Gasteiger partial charge in [0.05, 0.1) is 50.5 Å². The molecule has 32 heteroatoms. The third kappa shape index (κ3) is 42.5. The molecule has 0 radical (unpaired) electrons. The molecule has 0 bridgehead atoms. The molecule has 32 nitrogen and oxygen atoms in total. The van der Waals surface area contributed by atoms with E-state index in [1.165, 1.54) is 27.5 Å². The lowest BCUT2D eigenvalue weighted by Crippen LogP contribution is -2.06. The summed E-state index contributed by atoms with van der Waals surface area (Å²) in [7, 11) is 1.67. The van der Waals surface area contributed by atoms with Gasteiger partial charge in [-0.25, -0.2) is 39.6 Å². The smallest absolute Gasteiger partial charge is 0.182 e. The van der Waals surface area contributed by atoms with Crippen molar-refractivity contribution in [2.75, 3.05) is 85.8 Å². The zero-order chi connectivity index (χ0) is 97.6. The molecule has 20 N–H and O–H groups in total. The van der Waals surface area contributed by atoms with Crippen molar-refractivity contribution in [2.45, 2.75) is 142 Å². The van der Waals surface area contributed by atoms with Crippen molar-refractivity contribution >= 4 is 33.1 Å². The Morgan fingerprint density at radius 3 is 1.42 bits per heavy atom. The summed E-state index contributed by atoms with van der Waals surface area (Å²) in [6, 6.07) is 84.2. The van der Waals surface area contributed by atoms with Gasteiger partial charge in [0, 0.05) is 92.5 Å². The van der Waals surface area contributed by atoms with Crippen LogP contribution in [0, 0.1) is 0 Å². The summed E-state index contributed by atoms with van der Waals surface area (Å²) in [5, 5.41) is 23.0. The van der Waals surface area contributed by atoms with Crippen molar-refractivity contribution < 1.29 is 14.2 Å². The molecule has 0 aliphatic carbocycles. The van der Waals surface area contributed by atoms with Crippen LogP contribution in [0.4, 0.5) is 0 Å². The molecule has 730 valence electrons. The van der Waals surface area contributed by atoms with E-state index < -0.39 is 0 Å². The van der Waals surface area contributed by atoms with E-state index in [-0.39, 0.29) is 0 Å². The number of hydrogen-bond donors (Lipinski definition) is 10. The van der Waals surface area contributed by atoms with Crippen molar-refractivity contribution in [2.24, 2.45) is 57.3 Å². The third-order valence-electron chi connectivity index (χ3n) is 20.7. The average Bonchev–Trinajstić information content (AvgIpc) is 1.52. The lowest BCUT2D eigenvalue weighted by molar-refractivity contribution is 0.313. The molecule has 0 atom stereocenters. The van der Waals surface area contributed by atoms with Gasteiger partial charge < -0.3 is 85.2 Å². The summed E-state index contributed by atoms with van der Waals surface area (Å²) in [4.78, 5) is 33.9. The molecule has 0 unspecified atom stereocenters. The number of aromatic nitrogens is 19. The normalized spacial score (nSPS) is 10.4. The SMILES string of the molecule is COc1cccc(CCN)c1.NCCCCn1cnc(-c2ccccc2)c1.NCCCCn1cnc(-c2ccccc2)n1.NCCCCn1cnc(-c2cccnc2)n1.NCCCCn1cnc2cccnc21.NCCCCn1cnc2ncccc21.NCCCCn1nnnc1-c1ccccc1.NCCCOc1ccc2ccccc2c1.NCCCOc1ccccc1.NCCc1ccccc1. The van der Waals surface area contributed by atoms with Crippen LogP contribution in [-0.4, -0.2) is 179 Å². The number of ether oxygens (including phenoxy) is 3. The Labute approximate surface area is 812 Å². The highest BCUT2D eigenvalue weighted by atomic mass is 16.5. The molecule has 8 aromatic carbocycles. The van der Waals surface area contributed by atoms with Gasteiger partial charge in [-0.3, -0.25) is 14.3 Å². The molecule has 17 aromatic rings. The van der Waals surface area contributed by atoms with Gasteiger partial charge >= 0.3 is 0 Å². The Morgan fingerprint density at radius 1 is 0.326 bits per heavy atom. The second-order valence-electron chi connectivity index (χ2n) is 31.5. The number of tetrazole rings is 1. The number of hydrogen-bond acceptors (Lipinski definition) is 26. The van der Waals surface area contributed by atoms with Crippen LogP contribution in [0.25, 0.3) is 78.5 Å². The van der Waals surface area contributed by atoms with E-state index in [9.17, 15) is 0 Å². The van der Waals surface area contributed by atoms with E-state index in [1.54, 1.807) is 44.6 Å². The summed E-state index contributed by atoms with van der Waals surface area (Å²) in [5.74, 6) is 5.06. The third-order valence-corrected chi connectivity index (χ3v) is 20.7. The number of nitrogens with zero attached hydrogens (tertiary/aromatic N) is 19. The number of benzene rings is 8. The van der Waals surface area contributed by atoms with E-state index in [0.717, 1.165) is 261 Å². The number of unbranched alkanes of at least 4 members (excludes halogenated alkanes) is 6. The van der Waals surface area contributed by atoms with Crippen LogP contribution in [0.5, 0.6) is 17.2 Å². The van der Waals surface area contributed by atoms with E-state index in [4.69, 9.17) is 71.5 Å². The van der Waals surface area contributed by atoms with Crippen molar-refractivity contribution in [3.8, 4) is 62.7 Å². The lowest BCUT2D eigenvalue weighted by atomic mass is 10.1. The Hall–Kier alpha value is -14.0. The molecule has 0 aliphatic heterocycles. The van der Waals surface area contributed by atoms with E-state index in [1.807, 2.05) is 233 Å². The number of para-hydroxylation sites is 1. The first kappa shape index (κ1) is 109. The van der Waals surface area contributed by atoms with Crippen molar-refractivity contribution in [1.82, 2.24) is 93.3 Å². The second kappa shape index (κ2) is 68.9. The molecule has 0 fully saturated rings. The number of fused-ring (bicyclic) bond motifs is 3. The predicted octanol–water partition coefficient (Wildman–Crippen LogP) is 14.8. The molecule has 138 heavy (non-hydrogen) atoms. The molecule has 0 saturated heterocycles. The summed E-state index contributed by atoms with van der Waals surface area (Å²) in [6.07, 6.45) is 34.5. The maximum atomic E-state index is 5.57. The average molecular weight is 1870 g/mol. The minimum atomic E-state index is 0.674. The molecular formula is C106H143N29O3. The van der Waals surface area contributed by atoms with Gasteiger partial charge in [0.25, 0.3) is 0 Å². The van der Waals surface area contributed by atoms with Crippen LogP contribution in [0.2, 0.25) is 0 Å². The van der Waals surface area contributed by atoms with Crippen molar-refractivity contribution in [1.29, 1.82) is 0 Å². The second-order valence-corrected chi connectivity index (χ2v) is 31.5. The zero-order valence-corrected chi connectivity index (χ0v) is 80.1. The maximum Gasteiger partial charge on any atom is 0.182 e. The first-order valence-corrected chi connectivity index (χ1v) is 47.7. The van der Waals surface area contributed by atoms with E-state index >= 15 is 0 Å². The number of rotatable bonds is 41. The summed E-state index contributed by atoms with van der Waals surface area (Å²) in [5.41, 5.74) is 65.8. The fraction of sp³-hybridized carbons (Fsp3) is 0.330. The van der Waals surface area contributed by atoms with Crippen LogP contribution in [0.3, 0.4) is 0 Å². The van der Waals surface area contributed by atoms with E-state index in [2.05, 4.69) is 140 Å². The monoisotopic (exact) mass is 1870 g/mol. The van der Waals surface area contributed by atoms with Crippen LogP contribution in [0.1, 0.15) is 101 Å². The van der Waals surface area contributed by atoms with Gasteiger partial charge in [-0.1, -0.05) is 182 Å².